The van der Waals surface area contributed by atoms with Gasteiger partial charge in [0.05, 0.1) is 10.5 Å². The molecule has 2 aromatic heterocycles. The lowest BCUT2D eigenvalue weighted by Crippen LogP contribution is -2.15. The maximum atomic E-state index is 12.8. The van der Waals surface area contributed by atoms with E-state index in [2.05, 4.69) is 14.8 Å². The van der Waals surface area contributed by atoms with Gasteiger partial charge < -0.3 is 4.74 Å². The molecule has 0 bridgehead atoms. The smallest absolute Gasteiger partial charge is 0.338 e. The molecule has 0 fully saturated rings. The van der Waals surface area contributed by atoms with Crippen molar-refractivity contribution in [2.24, 2.45) is 0 Å². The SMILES string of the molecule is Cc1cccc(NS(=O)(=O)c2ccc(C)c(C(=O)OCc3nn4c(=O)cc(C)nc4s3)c2)c1. The maximum Gasteiger partial charge on any atom is 0.338 e. The van der Waals surface area contributed by atoms with Crippen molar-refractivity contribution in [2.75, 3.05) is 4.72 Å². The summed E-state index contributed by atoms with van der Waals surface area (Å²) < 4.78 is 34.7. The first kappa shape index (κ1) is 22.6. The first-order valence-corrected chi connectivity index (χ1v) is 12.2. The van der Waals surface area contributed by atoms with Crippen LogP contribution in [0.4, 0.5) is 5.69 Å². The van der Waals surface area contributed by atoms with E-state index in [4.69, 9.17) is 4.74 Å². The minimum Gasteiger partial charge on any atom is -0.455 e. The molecule has 170 valence electrons. The largest absolute Gasteiger partial charge is 0.455 e. The molecule has 2 aromatic carbocycles. The number of aryl methyl sites for hydroxylation is 3. The van der Waals surface area contributed by atoms with Gasteiger partial charge in [-0.1, -0.05) is 29.5 Å². The molecule has 0 aliphatic heterocycles. The molecule has 0 saturated carbocycles. The van der Waals surface area contributed by atoms with Gasteiger partial charge in [0.2, 0.25) is 4.96 Å². The van der Waals surface area contributed by atoms with Gasteiger partial charge in [-0.15, -0.1) is 0 Å². The predicted octanol–water partition coefficient (Wildman–Crippen LogP) is 3.23. The zero-order chi connectivity index (χ0) is 23.8. The zero-order valence-electron chi connectivity index (χ0n) is 18.0. The van der Waals surface area contributed by atoms with Crippen LogP contribution < -0.4 is 10.3 Å². The minimum absolute atomic E-state index is 0.0622. The van der Waals surface area contributed by atoms with Crippen LogP contribution in [0.3, 0.4) is 0 Å². The number of fused-ring (bicyclic) bond motifs is 1. The summed E-state index contributed by atoms with van der Waals surface area (Å²) in [6.07, 6.45) is 0. The molecule has 0 spiro atoms. The molecule has 2 heterocycles. The Hall–Kier alpha value is -3.57. The molecule has 0 amide bonds. The number of aromatic nitrogens is 3. The molecular weight excluding hydrogens is 464 g/mol. The number of hydrogen-bond acceptors (Lipinski definition) is 8. The van der Waals surface area contributed by atoms with Gasteiger partial charge in [-0.25, -0.2) is 18.2 Å². The van der Waals surface area contributed by atoms with E-state index in [1.165, 1.54) is 18.2 Å². The number of nitrogens with one attached hydrogen (secondary N) is 1. The van der Waals surface area contributed by atoms with Crippen molar-refractivity contribution < 1.29 is 17.9 Å². The van der Waals surface area contributed by atoms with Crippen LogP contribution >= 0.6 is 11.3 Å². The number of ether oxygens (including phenoxy) is 1. The van der Waals surface area contributed by atoms with Gasteiger partial charge in [0, 0.05) is 17.4 Å². The van der Waals surface area contributed by atoms with Gasteiger partial charge in [-0.2, -0.15) is 9.61 Å². The van der Waals surface area contributed by atoms with Gasteiger partial charge in [0.1, 0.15) is 6.61 Å². The maximum absolute atomic E-state index is 12.8. The summed E-state index contributed by atoms with van der Waals surface area (Å²) in [5, 5.41) is 4.52. The number of hydrogen-bond donors (Lipinski definition) is 1. The normalized spacial score (nSPS) is 11.5. The fourth-order valence-corrected chi connectivity index (χ4v) is 5.07. The summed E-state index contributed by atoms with van der Waals surface area (Å²) >= 11 is 1.13. The van der Waals surface area contributed by atoms with Crippen molar-refractivity contribution >= 4 is 38.0 Å². The van der Waals surface area contributed by atoms with Crippen LogP contribution in [0.2, 0.25) is 0 Å². The highest BCUT2D eigenvalue weighted by atomic mass is 32.2. The van der Waals surface area contributed by atoms with E-state index in [9.17, 15) is 18.0 Å². The summed E-state index contributed by atoms with van der Waals surface area (Å²) in [6.45, 7) is 5.07. The number of rotatable bonds is 6. The van der Waals surface area contributed by atoms with E-state index < -0.39 is 16.0 Å². The Morgan fingerprint density at radius 2 is 1.91 bits per heavy atom. The number of esters is 1. The topological polar surface area (TPSA) is 120 Å². The average molecular weight is 485 g/mol. The fourth-order valence-electron chi connectivity index (χ4n) is 3.13. The first-order valence-electron chi connectivity index (χ1n) is 9.86. The molecular formula is C22H20N4O5S2. The Morgan fingerprint density at radius 1 is 1.12 bits per heavy atom. The van der Waals surface area contributed by atoms with Gasteiger partial charge in [0.25, 0.3) is 15.6 Å². The van der Waals surface area contributed by atoms with Crippen LogP contribution in [0.5, 0.6) is 0 Å². The lowest BCUT2D eigenvalue weighted by molar-refractivity contribution is 0.0470. The number of sulfonamides is 1. The standard InChI is InChI=1S/C22H20N4O5S2/c1-13-5-4-6-16(9-13)25-33(29,30)17-8-7-14(2)18(11-17)21(28)31-12-19-24-26-20(27)10-15(3)23-22(26)32-19/h4-11,25H,12H2,1-3H3. The minimum atomic E-state index is -3.91. The molecule has 0 aliphatic rings. The second kappa shape index (κ2) is 8.75. The Balaban J connectivity index is 1.54. The first-order chi connectivity index (χ1) is 15.6. The second-order valence-corrected chi connectivity index (χ2v) is 10.2. The number of anilines is 1. The van der Waals surface area contributed by atoms with Crippen LogP contribution in [0.25, 0.3) is 4.96 Å². The molecule has 0 radical (unpaired) electrons. The number of nitrogens with zero attached hydrogens (tertiary/aromatic N) is 3. The Morgan fingerprint density at radius 3 is 2.67 bits per heavy atom. The van der Waals surface area contributed by atoms with Crippen LogP contribution in [-0.2, 0) is 21.4 Å². The fraction of sp³-hybridized carbons (Fsp3) is 0.182. The van der Waals surface area contributed by atoms with Crippen molar-refractivity contribution in [3.05, 3.63) is 86.3 Å². The Kier molecular flexibility index (Phi) is 6.00. The zero-order valence-corrected chi connectivity index (χ0v) is 19.7. The molecule has 0 atom stereocenters. The summed E-state index contributed by atoms with van der Waals surface area (Å²) in [6, 6.07) is 12.6. The van der Waals surface area contributed by atoms with Crippen LogP contribution in [0.1, 0.15) is 32.2 Å². The van der Waals surface area contributed by atoms with Crippen molar-refractivity contribution in [3.63, 3.8) is 0 Å². The van der Waals surface area contributed by atoms with Crippen molar-refractivity contribution in [1.29, 1.82) is 0 Å². The number of benzene rings is 2. The highest BCUT2D eigenvalue weighted by molar-refractivity contribution is 7.92. The summed E-state index contributed by atoms with van der Waals surface area (Å²) in [5.74, 6) is -0.698. The third kappa shape index (κ3) is 4.94. The molecule has 0 saturated heterocycles. The van der Waals surface area contributed by atoms with Gasteiger partial charge >= 0.3 is 5.97 Å². The van der Waals surface area contributed by atoms with Crippen molar-refractivity contribution in [3.8, 4) is 0 Å². The van der Waals surface area contributed by atoms with Crippen molar-refractivity contribution in [1.82, 2.24) is 14.6 Å². The lowest BCUT2D eigenvalue weighted by atomic mass is 10.1. The Bertz CT molecular complexity index is 1540. The van der Waals surface area contributed by atoms with Crippen molar-refractivity contribution in [2.45, 2.75) is 32.3 Å². The van der Waals surface area contributed by atoms with E-state index in [0.29, 0.717) is 26.9 Å². The quantitative estimate of drug-likeness (QED) is 0.417. The van der Waals surface area contributed by atoms with Gasteiger partial charge in [-0.05, 0) is 56.2 Å². The summed E-state index contributed by atoms with van der Waals surface area (Å²) in [7, 11) is -3.91. The predicted molar refractivity (Wildman–Crippen MR) is 124 cm³/mol. The van der Waals surface area contributed by atoms with E-state index in [1.54, 1.807) is 38.1 Å². The lowest BCUT2D eigenvalue weighted by Gasteiger charge is -2.11. The molecule has 4 aromatic rings. The molecule has 33 heavy (non-hydrogen) atoms. The molecule has 11 heteroatoms. The monoisotopic (exact) mass is 484 g/mol. The molecule has 0 unspecified atom stereocenters. The molecule has 0 aliphatic carbocycles. The van der Waals surface area contributed by atoms with E-state index in [0.717, 1.165) is 21.4 Å². The summed E-state index contributed by atoms with van der Waals surface area (Å²) in [4.78, 5) is 29.3. The molecule has 4 rings (SSSR count). The molecule has 9 nitrogen and oxygen atoms in total. The third-order valence-electron chi connectivity index (χ3n) is 4.75. The van der Waals surface area contributed by atoms with Gasteiger partial charge in [0.15, 0.2) is 5.01 Å². The Labute approximate surface area is 193 Å². The third-order valence-corrected chi connectivity index (χ3v) is 7.01. The van der Waals surface area contributed by atoms with Gasteiger partial charge in [-0.3, -0.25) is 9.52 Å². The average Bonchev–Trinajstić information content (AvgIpc) is 3.15. The number of carbonyl (C=O) groups is 1. The van der Waals surface area contributed by atoms with Crippen LogP contribution in [-0.4, -0.2) is 29.0 Å². The van der Waals surface area contributed by atoms with E-state index >= 15 is 0 Å². The second-order valence-electron chi connectivity index (χ2n) is 7.45. The van der Waals surface area contributed by atoms with E-state index in [1.807, 2.05) is 13.0 Å². The molecule has 1 N–H and O–H groups in total. The van der Waals surface area contributed by atoms with E-state index in [-0.39, 0.29) is 22.6 Å². The highest BCUT2D eigenvalue weighted by Crippen LogP contribution is 2.21. The number of carbonyl (C=O) groups excluding carboxylic acids is 1. The summed E-state index contributed by atoms with van der Waals surface area (Å²) in [5.41, 5.74) is 2.27. The van der Waals surface area contributed by atoms with Crippen LogP contribution in [0, 0.1) is 20.8 Å². The highest BCUT2D eigenvalue weighted by Gasteiger charge is 2.20. The van der Waals surface area contributed by atoms with Crippen LogP contribution in [0.15, 0.2) is 58.2 Å².